The smallest absolute Gasteiger partial charge is 0.261 e. The predicted molar refractivity (Wildman–Crippen MR) is 92.1 cm³/mol. The fourth-order valence-electron chi connectivity index (χ4n) is 2.87. The van der Waals surface area contributed by atoms with Crippen molar-refractivity contribution in [1.82, 2.24) is 10.2 Å². The number of morpholine rings is 1. The van der Waals surface area contributed by atoms with Gasteiger partial charge in [0.1, 0.15) is 5.82 Å². The molecule has 0 atom stereocenters. The lowest BCUT2D eigenvalue weighted by Gasteiger charge is -2.26. The largest absolute Gasteiger partial charge is 0.380 e. The van der Waals surface area contributed by atoms with Crippen LogP contribution in [-0.4, -0.2) is 57.3 Å². The highest BCUT2D eigenvalue weighted by Gasteiger charge is 2.20. The first-order valence-electron chi connectivity index (χ1n) is 7.98. The van der Waals surface area contributed by atoms with Gasteiger partial charge >= 0.3 is 0 Å². The van der Waals surface area contributed by atoms with Crippen molar-refractivity contribution in [3.63, 3.8) is 0 Å². The number of halogens is 1. The average Bonchev–Trinajstić information content (AvgIpc) is 2.96. The van der Waals surface area contributed by atoms with Gasteiger partial charge in [-0.15, -0.1) is 11.3 Å². The van der Waals surface area contributed by atoms with Crippen LogP contribution in [0.4, 0.5) is 4.39 Å². The van der Waals surface area contributed by atoms with Crippen LogP contribution in [0, 0.1) is 5.82 Å². The zero-order valence-electron chi connectivity index (χ0n) is 13.6. The van der Waals surface area contributed by atoms with Gasteiger partial charge < -0.3 is 14.8 Å². The Bertz CT molecular complexity index is 713. The topological polar surface area (TPSA) is 50.8 Å². The Balaban J connectivity index is 1.71. The van der Waals surface area contributed by atoms with Gasteiger partial charge in [0.2, 0.25) is 0 Å². The quantitative estimate of drug-likeness (QED) is 0.866. The van der Waals surface area contributed by atoms with Crippen LogP contribution in [0.15, 0.2) is 18.2 Å². The summed E-state index contributed by atoms with van der Waals surface area (Å²) in [7, 11) is 1.55. The fourth-order valence-corrected chi connectivity index (χ4v) is 4.00. The number of benzene rings is 1. The van der Waals surface area contributed by atoms with Crippen LogP contribution in [0.2, 0.25) is 0 Å². The van der Waals surface area contributed by atoms with E-state index in [1.807, 2.05) is 6.07 Å². The van der Waals surface area contributed by atoms with E-state index in [4.69, 9.17) is 9.47 Å². The summed E-state index contributed by atoms with van der Waals surface area (Å²) < 4.78 is 25.4. The summed E-state index contributed by atoms with van der Waals surface area (Å²) >= 11 is 1.31. The number of ether oxygens (including phenoxy) is 2. The molecule has 1 aliphatic heterocycles. The molecule has 0 spiro atoms. The Morgan fingerprint density at radius 2 is 2.21 bits per heavy atom. The van der Waals surface area contributed by atoms with Crippen LogP contribution < -0.4 is 5.32 Å². The van der Waals surface area contributed by atoms with Crippen molar-refractivity contribution in [1.29, 1.82) is 0 Å². The van der Waals surface area contributed by atoms with Gasteiger partial charge in [0.15, 0.2) is 0 Å². The monoisotopic (exact) mass is 352 g/mol. The number of thiophene rings is 1. The van der Waals surface area contributed by atoms with Crippen molar-refractivity contribution in [2.24, 2.45) is 0 Å². The lowest BCUT2D eigenvalue weighted by molar-refractivity contribution is 0.0383. The van der Waals surface area contributed by atoms with Crippen molar-refractivity contribution in [2.75, 3.05) is 46.5 Å². The number of carbonyl (C=O) groups excluding carboxylic acids is 1. The van der Waals surface area contributed by atoms with Crippen molar-refractivity contribution in [2.45, 2.75) is 6.61 Å². The number of hydrogen-bond acceptors (Lipinski definition) is 5. The molecule has 0 radical (unpaired) electrons. The second-order valence-electron chi connectivity index (χ2n) is 5.67. The fraction of sp³-hybridized carbons (Fsp3) is 0.471. The molecule has 1 aliphatic rings. The Kier molecular flexibility index (Phi) is 5.78. The minimum absolute atomic E-state index is 0.170. The van der Waals surface area contributed by atoms with E-state index in [1.165, 1.54) is 17.4 Å². The van der Waals surface area contributed by atoms with Crippen LogP contribution in [0.1, 0.15) is 15.2 Å². The number of nitrogens with zero attached hydrogens (tertiary/aromatic N) is 1. The molecule has 1 aromatic heterocycles. The molecule has 24 heavy (non-hydrogen) atoms. The van der Waals surface area contributed by atoms with Crippen molar-refractivity contribution >= 4 is 27.3 Å². The molecule has 3 rings (SSSR count). The third-order valence-corrected chi connectivity index (χ3v) is 5.27. The summed E-state index contributed by atoms with van der Waals surface area (Å²) in [5.41, 5.74) is 0.625. The number of nitrogens with one attached hydrogen (secondary N) is 1. The first-order chi connectivity index (χ1) is 11.7. The molecule has 7 heteroatoms. The van der Waals surface area contributed by atoms with Gasteiger partial charge in [-0.25, -0.2) is 4.39 Å². The molecule has 1 aromatic carbocycles. The molecule has 1 fully saturated rings. The van der Waals surface area contributed by atoms with E-state index in [0.29, 0.717) is 22.4 Å². The lowest BCUT2D eigenvalue weighted by Crippen LogP contribution is -2.41. The second-order valence-corrected chi connectivity index (χ2v) is 6.72. The Morgan fingerprint density at radius 1 is 1.42 bits per heavy atom. The molecule has 0 unspecified atom stereocenters. The summed E-state index contributed by atoms with van der Waals surface area (Å²) in [5, 5.41) is 3.43. The predicted octanol–water partition coefficient (Wildman–Crippen LogP) is 2.25. The normalized spacial score (nSPS) is 15.8. The molecule has 2 aromatic rings. The Hall–Kier alpha value is -1.54. The maximum atomic E-state index is 14.1. The van der Waals surface area contributed by atoms with E-state index in [1.54, 1.807) is 13.2 Å². The number of carbonyl (C=O) groups is 1. The van der Waals surface area contributed by atoms with Crippen LogP contribution in [0.25, 0.3) is 10.1 Å². The minimum atomic E-state index is -0.317. The SMILES string of the molecule is COCc1c(C(=O)NCCN2CCOCC2)sc2cccc(F)c12. The summed E-state index contributed by atoms with van der Waals surface area (Å²) in [6.45, 7) is 4.81. The maximum absolute atomic E-state index is 14.1. The minimum Gasteiger partial charge on any atom is -0.380 e. The third kappa shape index (κ3) is 3.75. The summed E-state index contributed by atoms with van der Waals surface area (Å²) in [6, 6.07) is 4.89. The molecule has 1 amide bonds. The first-order valence-corrected chi connectivity index (χ1v) is 8.79. The standard InChI is InChI=1S/C17H21FN2O3S/c1-22-11-12-15-13(18)3-2-4-14(15)24-16(12)17(21)19-5-6-20-7-9-23-10-8-20/h2-4H,5-11H2,1H3,(H,19,21). The molecular formula is C17H21FN2O3S. The van der Waals surface area contributed by atoms with Gasteiger partial charge in [0.05, 0.1) is 24.7 Å². The van der Waals surface area contributed by atoms with Crippen LogP contribution in [0.3, 0.4) is 0 Å². The van der Waals surface area contributed by atoms with E-state index in [9.17, 15) is 9.18 Å². The number of amides is 1. The number of rotatable bonds is 6. The molecule has 1 saturated heterocycles. The highest BCUT2D eigenvalue weighted by Crippen LogP contribution is 2.33. The molecular weight excluding hydrogens is 331 g/mol. The number of fused-ring (bicyclic) bond motifs is 1. The molecule has 0 saturated carbocycles. The highest BCUT2D eigenvalue weighted by molar-refractivity contribution is 7.21. The summed E-state index contributed by atoms with van der Waals surface area (Å²) in [4.78, 5) is 15.3. The molecule has 1 N–H and O–H groups in total. The van der Waals surface area contributed by atoms with E-state index in [2.05, 4.69) is 10.2 Å². The van der Waals surface area contributed by atoms with Crippen molar-refractivity contribution in [3.05, 3.63) is 34.5 Å². The Morgan fingerprint density at radius 3 is 2.96 bits per heavy atom. The summed E-state index contributed by atoms with van der Waals surface area (Å²) in [6.07, 6.45) is 0. The highest BCUT2D eigenvalue weighted by atomic mass is 32.1. The zero-order chi connectivity index (χ0) is 16.9. The van der Waals surface area contributed by atoms with Gasteiger partial charge in [-0.1, -0.05) is 6.07 Å². The van der Waals surface area contributed by atoms with Crippen molar-refractivity contribution < 1.29 is 18.7 Å². The second kappa shape index (κ2) is 8.02. The third-order valence-electron chi connectivity index (χ3n) is 4.08. The molecule has 0 aliphatic carbocycles. The molecule has 0 bridgehead atoms. The van der Waals surface area contributed by atoms with E-state index < -0.39 is 0 Å². The molecule has 5 nitrogen and oxygen atoms in total. The van der Waals surface area contributed by atoms with Gasteiger partial charge in [-0.3, -0.25) is 9.69 Å². The molecule has 2 heterocycles. The lowest BCUT2D eigenvalue weighted by atomic mass is 10.1. The number of hydrogen-bond donors (Lipinski definition) is 1. The van der Waals surface area contributed by atoms with Gasteiger partial charge in [0.25, 0.3) is 5.91 Å². The van der Waals surface area contributed by atoms with Crippen LogP contribution >= 0.6 is 11.3 Å². The van der Waals surface area contributed by atoms with Crippen molar-refractivity contribution in [3.8, 4) is 0 Å². The van der Waals surface area contributed by atoms with Gasteiger partial charge in [-0.05, 0) is 12.1 Å². The van der Waals surface area contributed by atoms with Gasteiger partial charge in [0, 0.05) is 48.9 Å². The van der Waals surface area contributed by atoms with Crippen LogP contribution in [0.5, 0.6) is 0 Å². The van der Waals surface area contributed by atoms with E-state index >= 15 is 0 Å². The van der Waals surface area contributed by atoms with E-state index in [0.717, 1.165) is 37.5 Å². The molecule has 130 valence electrons. The van der Waals surface area contributed by atoms with Gasteiger partial charge in [-0.2, -0.15) is 0 Å². The average molecular weight is 352 g/mol. The van der Waals surface area contributed by atoms with E-state index in [-0.39, 0.29) is 18.3 Å². The Labute approximate surface area is 144 Å². The summed E-state index contributed by atoms with van der Waals surface area (Å²) in [5.74, 6) is -0.487. The van der Waals surface area contributed by atoms with Crippen LogP contribution in [-0.2, 0) is 16.1 Å². The zero-order valence-corrected chi connectivity index (χ0v) is 14.5. The maximum Gasteiger partial charge on any atom is 0.261 e. The number of methoxy groups -OCH3 is 1. The first kappa shape index (κ1) is 17.3.